The average Bonchev–Trinajstić information content (AvgIpc) is 3.08. The van der Waals surface area contributed by atoms with Gasteiger partial charge in [-0.15, -0.1) is 0 Å². The van der Waals surface area contributed by atoms with E-state index in [-0.39, 0.29) is 0 Å². The lowest BCUT2D eigenvalue weighted by Gasteiger charge is -2.44. The third-order valence-electron chi connectivity index (χ3n) is 8.55. The SMILES string of the molecule is Cc1ccc(N(C)[S+](C)(=O)N2CCOCC2)cc1.c1ccc([B-](c2ccccc2)(c2ccccc2)c2ccccc2)cc1. The van der Waals surface area contributed by atoms with Crippen molar-refractivity contribution in [1.82, 2.24) is 4.31 Å². The van der Waals surface area contributed by atoms with Gasteiger partial charge in [-0.05, 0) is 19.1 Å². The third-order valence-corrected chi connectivity index (χ3v) is 11.1. The Hall–Kier alpha value is -3.97. The van der Waals surface area contributed by atoms with Gasteiger partial charge >= 0.3 is 0 Å². The molecule has 0 bridgehead atoms. The first-order chi connectivity index (χ1) is 20.9. The van der Waals surface area contributed by atoms with Gasteiger partial charge in [-0.3, -0.25) is 0 Å². The zero-order valence-corrected chi connectivity index (χ0v) is 26.2. The van der Waals surface area contributed by atoms with E-state index >= 15 is 0 Å². The first-order valence-corrected chi connectivity index (χ1v) is 16.8. The van der Waals surface area contributed by atoms with Crippen molar-refractivity contribution >= 4 is 44.0 Å². The lowest BCUT2D eigenvalue weighted by molar-refractivity contribution is 0.0737. The lowest BCUT2D eigenvalue weighted by Crippen LogP contribution is -2.74. The lowest BCUT2D eigenvalue weighted by atomic mass is 9.13. The highest BCUT2D eigenvalue weighted by Crippen LogP contribution is 2.23. The van der Waals surface area contributed by atoms with Crippen molar-refractivity contribution in [3.05, 3.63) is 151 Å². The predicted octanol–water partition coefficient (Wildman–Crippen LogP) is 4.79. The Morgan fingerprint density at radius 3 is 1.30 bits per heavy atom. The molecule has 6 heteroatoms. The number of ether oxygens (including phenoxy) is 1. The van der Waals surface area contributed by atoms with Gasteiger partial charge in [-0.25, -0.2) is 0 Å². The van der Waals surface area contributed by atoms with E-state index < -0.39 is 16.5 Å². The van der Waals surface area contributed by atoms with Crippen LogP contribution in [-0.4, -0.2) is 50.1 Å². The molecule has 1 aliphatic rings. The number of hydrogen-bond donors (Lipinski definition) is 0. The van der Waals surface area contributed by atoms with Crippen LogP contribution in [0.4, 0.5) is 5.69 Å². The second-order valence-electron chi connectivity index (χ2n) is 11.1. The molecular formula is C37H41BN2O2S. The summed E-state index contributed by atoms with van der Waals surface area (Å²) in [5.41, 5.74) is 7.55. The molecule has 1 unspecified atom stereocenters. The van der Waals surface area contributed by atoms with Crippen molar-refractivity contribution in [3.8, 4) is 0 Å². The quantitative estimate of drug-likeness (QED) is 0.203. The molecule has 0 amide bonds. The van der Waals surface area contributed by atoms with Crippen LogP contribution in [-0.2, 0) is 19.3 Å². The second-order valence-corrected chi connectivity index (χ2v) is 13.7. The van der Waals surface area contributed by atoms with Gasteiger partial charge in [0.1, 0.15) is 12.4 Å². The molecule has 5 aromatic rings. The van der Waals surface area contributed by atoms with Gasteiger partial charge in [0.25, 0.3) is 10.3 Å². The summed E-state index contributed by atoms with van der Waals surface area (Å²) in [5.74, 6) is 0. The Bertz CT molecular complexity index is 1430. The maximum atomic E-state index is 12.9. The normalized spacial score (nSPS) is 15.0. The van der Waals surface area contributed by atoms with Crippen LogP contribution in [0.25, 0.3) is 0 Å². The first kappa shape index (κ1) is 30.5. The minimum atomic E-state index is -2.19. The van der Waals surface area contributed by atoms with E-state index in [1.54, 1.807) is 6.26 Å². The Kier molecular flexibility index (Phi) is 9.93. The van der Waals surface area contributed by atoms with E-state index in [1.165, 1.54) is 27.4 Å². The van der Waals surface area contributed by atoms with E-state index in [0.29, 0.717) is 13.2 Å². The molecule has 1 saturated heterocycles. The number of anilines is 1. The van der Waals surface area contributed by atoms with E-state index in [4.69, 9.17) is 4.74 Å². The molecule has 0 aromatic heterocycles. The van der Waals surface area contributed by atoms with E-state index in [1.807, 2.05) is 39.9 Å². The van der Waals surface area contributed by atoms with Crippen LogP contribution >= 0.6 is 0 Å². The van der Waals surface area contributed by atoms with Gasteiger partial charge in [-0.2, -0.15) is 26.2 Å². The molecule has 1 fully saturated rings. The zero-order valence-electron chi connectivity index (χ0n) is 25.4. The largest absolute Gasteiger partial charge is 0.378 e. The summed E-state index contributed by atoms with van der Waals surface area (Å²) in [7, 11) is -0.300. The highest BCUT2D eigenvalue weighted by molar-refractivity contribution is 8.01. The highest BCUT2D eigenvalue weighted by atomic mass is 32.3. The van der Waals surface area contributed by atoms with Crippen molar-refractivity contribution in [2.75, 3.05) is 43.9 Å². The van der Waals surface area contributed by atoms with Crippen LogP contribution in [0.2, 0.25) is 0 Å². The van der Waals surface area contributed by atoms with Gasteiger partial charge in [0.05, 0.1) is 39.0 Å². The zero-order chi connectivity index (χ0) is 30.1. The minimum Gasteiger partial charge on any atom is -0.378 e. The maximum absolute atomic E-state index is 12.9. The minimum absolute atomic E-state index is 0.659. The first-order valence-electron chi connectivity index (χ1n) is 14.9. The Labute approximate surface area is 258 Å². The molecule has 0 N–H and O–H groups in total. The van der Waals surface area contributed by atoms with Crippen LogP contribution in [0, 0.1) is 6.92 Å². The number of aryl methyl sites for hydroxylation is 1. The van der Waals surface area contributed by atoms with Crippen molar-refractivity contribution in [2.45, 2.75) is 6.92 Å². The number of morpholine rings is 1. The van der Waals surface area contributed by atoms with Crippen molar-refractivity contribution in [1.29, 1.82) is 0 Å². The standard InChI is InChI=1S/C24H20B.C13H21N2O2S/c1-5-13-21(14-6-1)25(22-15-7-2-8-16-22,23-17-9-3-10-18-23)24-19-11-4-12-20-24;1-12-4-6-13(7-5-12)14(2)18(3,16)15-8-10-17-11-9-15/h1-20H;4-7H,8-11H2,1-3H3/q-1;+1. The smallest absolute Gasteiger partial charge is 0.251 e. The fraction of sp³-hybridized carbons (Fsp3) is 0.189. The van der Waals surface area contributed by atoms with Gasteiger partial charge in [0.15, 0.2) is 0 Å². The van der Waals surface area contributed by atoms with Crippen LogP contribution in [0.5, 0.6) is 0 Å². The molecule has 1 atom stereocenters. The monoisotopic (exact) mass is 588 g/mol. The van der Waals surface area contributed by atoms with Crippen molar-refractivity contribution < 1.29 is 8.95 Å². The molecule has 0 aliphatic carbocycles. The molecule has 0 radical (unpaired) electrons. The highest BCUT2D eigenvalue weighted by Gasteiger charge is 2.38. The van der Waals surface area contributed by atoms with Gasteiger partial charge < -0.3 is 4.74 Å². The van der Waals surface area contributed by atoms with Gasteiger partial charge in [0, 0.05) is 0 Å². The third kappa shape index (κ3) is 6.67. The van der Waals surface area contributed by atoms with Crippen LogP contribution < -0.4 is 26.2 Å². The Morgan fingerprint density at radius 1 is 0.605 bits per heavy atom. The summed E-state index contributed by atoms with van der Waals surface area (Å²) in [4.78, 5) is 0. The van der Waals surface area contributed by atoms with E-state index in [0.717, 1.165) is 18.8 Å². The van der Waals surface area contributed by atoms with Gasteiger partial charge in [0.2, 0.25) is 0 Å². The Balaban J connectivity index is 0.000000181. The van der Waals surface area contributed by atoms with E-state index in [2.05, 4.69) is 128 Å². The summed E-state index contributed by atoms with van der Waals surface area (Å²) >= 11 is 0. The molecule has 1 aliphatic heterocycles. The predicted molar refractivity (Wildman–Crippen MR) is 186 cm³/mol. The summed E-state index contributed by atoms with van der Waals surface area (Å²) in [6.07, 6.45) is 0.588. The number of nitrogens with zero attached hydrogens (tertiary/aromatic N) is 2. The molecule has 220 valence electrons. The van der Waals surface area contributed by atoms with E-state index in [9.17, 15) is 4.21 Å². The van der Waals surface area contributed by atoms with Crippen LogP contribution in [0.1, 0.15) is 5.56 Å². The Morgan fingerprint density at radius 2 is 0.953 bits per heavy atom. The number of benzene rings is 5. The maximum Gasteiger partial charge on any atom is 0.251 e. The molecular weight excluding hydrogens is 547 g/mol. The molecule has 4 nitrogen and oxygen atoms in total. The van der Waals surface area contributed by atoms with Crippen LogP contribution in [0.15, 0.2) is 146 Å². The average molecular weight is 589 g/mol. The molecule has 1 heterocycles. The number of rotatable bonds is 7. The molecule has 0 spiro atoms. The summed E-state index contributed by atoms with van der Waals surface area (Å²) in [6.45, 7) is 4.82. The molecule has 6 rings (SSSR count). The molecule has 5 aromatic carbocycles. The molecule has 43 heavy (non-hydrogen) atoms. The number of hydrogen-bond acceptors (Lipinski definition) is 2. The van der Waals surface area contributed by atoms with Crippen LogP contribution in [0.3, 0.4) is 0 Å². The van der Waals surface area contributed by atoms with Crippen molar-refractivity contribution in [3.63, 3.8) is 0 Å². The summed E-state index contributed by atoms with van der Waals surface area (Å²) < 4.78 is 22.1. The summed E-state index contributed by atoms with van der Waals surface area (Å²) in [5, 5.41) is 0. The van der Waals surface area contributed by atoms with Crippen molar-refractivity contribution in [2.24, 2.45) is 0 Å². The topological polar surface area (TPSA) is 32.8 Å². The fourth-order valence-corrected chi connectivity index (χ4v) is 7.82. The summed E-state index contributed by atoms with van der Waals surface area (Å²) in [6, 6.07) is 51.6. The van der Waals surface area contributed by atoms with Gasteiger partial charge in [-0.1, -0.05) is 148 Å². The molecule has 0 saturated carbocycles. The fourth-order valence-electron chi connectivity index (χ4n) is 6.13. The second kappa shape index (κ2) is 14.0.